The van der Waals surface area contributed by atoms with E-state index in [4.69, 9.17) is 14.2 Å². The number of esters is 2. The molecule has 0 radical (unpaired) electrons. The first-order valence-electron chi connectivity index (χ1n) is 6.01. The molecule has 1 N–H and O–H groups in total. The third-order valence-corrected chi connectivity index (χ3v) is 2.59. The van der Waals surface area contributed by atoms with E-state index in [0.29, 0.717) is 0 Å². The van der Waals surface area contributed by atoms with Crippen molar-refractivity contribution in [3.8, 4) is 0 Å². The van der Waals surface area contributed by atoms with Crippen LogP contribution >= 0.6 is 0 Å². The minimum atomic E-state index is -1.62. The van der Waals surface area contributed by atoms with E-state index in [1.807, 2.05) is 0 Å². The van der Waals surface area contributed by atoms with Crippen LogP contribution in [-0.4, -0.2) is 49.6 Å². The fourth-order valence-corrected chi connectivity index (χ4v) is 1.63. The normalized spacial score (nSPS) is 14.1. The number of ether oxygens (including phenoxy) is 3. The molecule has 0 rings (SSSR count). The highest BCUT2D eigenvalue weighted by Crippen LogP contribution is 2.25. The number of rotatable bonds is 8. The van der Waals surface area contributed by atoms with E-state index in [9.17, 15) is 14.7 Å². The van der Waals surface area contributed by atoms with Gasteiger partial charge < -0.3 is 19.3 Å². The van der Waals surface area contributed by atoms with E-state index in [-0.39, 0.29) is 26.2 Å². The summed E-state index contributed by atoms with van der Waals surface area (Å²) < 4.78 is 14.5. The number of carbonyl (C=O) groups is 2. The Morgan fingerprint density at radius 3 is 1.83 bits per heavy atom. The lowest BCUT2D eigenvalue weighted by molar-refractivity contribution is -0.179. The summed E-state index contributed by atoms with van der Waals surface area (Å²) in [5, 5.41) is 10.3. The third kappa shape index (κ3) is 4.27. The minimum absolute atomic E-state index is 0.127. The molecular weight excluding hydrogens is 240 g/mol. The fraction of sp³-hybridized carbons (Fsp3) is 0.833. The maximum atomic E-state index is 11.8. The molecule has 0 saturated carbocycles. The molecule has 0 aromatic carbocycles. The molecule has 1 atom stereocenters. The molecule has 6 nitrogen and oxygen atoms in total. The number of methoxy groups -OCH3 is 1. The minimum Gasteiger partial charge on any atom is -0.465 e. The van der Waals surface area contributed by atoms with Gasteiger partial charge in [0.15, 0.2) is 5.92 Å². The van der Waals surface area contributed by atoms with Gasteiger partial charge >= 0.3 is 11.9 Å². The lowest BCUT2D eigenvalue weighted by Gasteiger charge is -2.31. The van der Waals surface area contributed by atoms with Crippen molar-refractivity contribution in [2.45, 2.75) is 32.8 Å². The maximum absolute atomic E-state index is 11.8. The molecule has 0 aliphatic carbocycles. The zero-order chi connectivity index (χ0) is 14.2. The van der Waals surface area contributed by atoms with Crippen LogP contribution in [0.15, 0.2) is 0 Å². The first-order valence-corrected chi connectivity index (χ1v) is 6.01. The standard InChI is InChI=1S/C12H22O6/c1-5-12(15,8-16-4)9(10(13)17-6-2)11(14)18-7-3/h9,15H,5-8H2,1-4H3. The lowest BCUT2D eigenvalue weighted by atomic mass is 9.85. The van der Waals surface area contributed by atoms with Crippen LogP contribution in [0.3, 0.4) is 0 Å². The van der Waals surface area contributed by atoms with Crippen molar-refractivity contribution < 1.29 is 28.9 Å². The van der Waals surface area contributed by atoms with E-state index in [1.165, 1.54) is 7.11 Å². The van der Waals surface area contributed by atoms with E-state index in [1.54, 1.807) is 20.8 Å². The summed E-state index contributed by atoms with van der Waals surface area (Å²) in [6, 6.07) is 0. The molecule has 1 unspecified atom stereocenters. The van der Waals surface area contributed by atoms with Crippen molar-refractivity contribution in [3.05, 3.63) is 0 Å². The monoisotopic (exact) mass is 262 g/mol. The Labute approximate surface area is 107 Å². The molecule has 0 amide bonds. The van der Waals surface area contributed by atoms with Gasteiger partial charge in [-0.2, -0.15) is 0 Å². The molecule has 18 heavy (non-hydrogen) atoms. The van der Waals surface area contributed by atoms with Crippen molar-refractivity contribution in [2.75, 3.05) is 26.9 Å². The second kappa shape index (κ2) is 8.05. The van der Waals surface area contributed by atoms with Crippen molar-refractivity contribution in [3.63, 3.8) is 0 Å². The summed E-state index contributed by atoms with van der Waals surface area (Å²) in [5.74, 6) is -2.97. The zero-order valence-corrected chi connectivity index (χ0v) is 11.4. The maximum Gasteiger partial charge on any atom is 0.323 e. The largest absolute Gasteiger partial charge is 0.465 e. The summed E-state index contributed by atoms with van der Waals surface area (Å²) >= 11 is 0. The number of carbonyl (C=O) groups excluding carboxylic acids is 2. The Balaban J connectivity index is 5.16. The molecule has 0 aliphatic rings. The molecule has 0 fully saturated rings. The topological polar surface area (TPSA) is 82.1 Å². The number of aliphatic hydroxyl groups is 1. The van der Waals surface area contributed by atoms with Crippen LogP contribution in [0.2, 0.25) is 0 Å². The lowest BCUT2D eigenvalue weighted by Crippen LogP contribution is -2.50. The highest BCUT2D eigenvalue weighted by atomic mass is 16.6. The summed E-state index contributed by atoms with van der Waals surface area (Å²) in [4.78, 5) is 23.6. The number of hydrogen-bond acceptors (Lipinski definition) is 6. The first kappa shape index (κ1) is 16.9. The van der Waals surface area contributed by atoms with Crippen LogP contribution in [-0.2, 0) is 23.8 Å². The Kier molecular flexibility index (Phi) is 7.54. The van der Waals surface area contributed by atoms with Crippen molar-refractivity contribution in [1.29, 1.82) is 0 Å². The highest BCUT2D eigenvalue weighted by molar-refractivity contribution is 5.96. The Hall–Kier alpha value is -1.14. The first-order chi connectivity index (χ1) is 8.46. The van der Waals surface area contributed by atoms with Crippen molar-refractivity contribution >= 4 is 11.9 Å². The van der Waals surface area contributed by atoms with Gasteiger partial charge in [-0.05, 0) is 20.3 Å². The molecule has 0 aromatic heterocycles. The van der Waals surface area contributed by atoms with Crippen molar-refractivity contribution in [1.82, 2.24) is 0 Å². The molecule has 0 bridgehead atoms. The predicted molar refractivity (Wildman–Crippen MR) is 63.9 cm³/mol. The van der Waals surface area contributed by atoms with Gasteiger partial charge in [-0.15, -0.1) is 0 Å². The average molecular weight is 262 g/mol. The molecular formula is C12H22O6. The molecule has 106 valence electrons. The van der Waals surface area contributed by atoms with Crippen molar-refractivity contribution in [2.24, 2.45) is 5.92 Å². The van der Waals surface area contributed by atoms with Gasteiger partial charge in [-0.1, -0.05) is 6.92 Å². The fourth-order valence-electron chi connectivity index (χ4n) is 1.63. The second-order valence-corrected chi connectivity index (χ2v) is 3.83. The van der Waals surface area contributed by atoms with E-state index in [2.05, 4.69) is 0 Å². The Morgan fingerprint density at radius 2 is 1.56 bits per heavy atom. The van der Waals surface area contributed by atoms with Gasteiger partial charge in [0.05, 0.1) is 19.8 Å². The van der Waals surface area contributed by atoms with Crippen LogP contribution < -0.4 is 0 Å². The molecule has 6 heteroatoms. The third-order valence-electron chi connectivity index (χ3n) is 2.59. The summed E-state index contributed by atoms with van der Waals surface area (Å²) in [6.45, 7) is 5.02. The number of hydrogen-bond donors (Lipinski definition) is 1. The van der Waals surface area contributed by atoms with Crippen LogP contribution in [0.25, 0.3) is 0 Å². The molecule has 0 saturated heterocycles. The van der Waals surface area contributed by atoms with Gasteiger partial charge in [0.25, 0.3) is 0 Å². The molecule has 0 heterocycles. The summed E-state index contributed by atoms with van der Waals surface area (Å²) in [5.41, 5.74) is -1.62. The van der Waals surface area contributed by atoms with Gasteiger partial charge in [-0.25, -0.2) is 0 Å². The Morgan fingerprint density at radius 1 is 1.11 bits per heavy atom. The van der Waals surface area contributed by atoms with Crippen LogP contribution in [0.5, 0.6) is 0 Å². The van der Waals surface area contributed by atoms with E-state index in [0.717, 1.165) is 0 Å². The van der Waals surface area contributed by atoms with Gasteiger partial charge in [0.2, 0.25) is 0 Å². The van der Waals surface area contributed by atoms with Gasteiger partial charge in [-0.3, -0.25) is 9.59 Å². The summed E-state index contributed by atoms with van der Waals surface area (Å²) in [7, 11) is 1.38. The SMILES string of the molecule is CCOC(=O)C(C(=O)OCC)C(O)(CC)COC. The van der Waals surface area contributed by atoms with Gasteiger partial charge in [0, 0.05) is 7.11 Å². The van der Waals surface area contributed by atoms with Crippen LogP contribution in [0.1, 0.15) is 27.2 Å². The average Bonchev–Trinajstić information content (AvgIpc) is 2.30. The zero-order valence-electron chi connectivity index (χ0n) is 11.4. The second-order valence-electron chi connectivity index (χ2n) is 3.83. The van der Waals surface area contributed by atoms with Gasteiger partial charge in [0.1, 0.15) is 5.60 Å². The van der Waals surface area contributed by atoms with E-state index < -0.39 is 23.5 Å². The smallest absolute Gasteiger partial charge is 0.323 e. The quantitative estimate of drug-likeness (QED) is 0.507. The van der Waals surface area contributed by atoms with E-state index >= 15 is 0 Å². The van der Waals surface area contributed by atoms with Crippen LogP contribution in [0.4, 0.5) is 0 Å². The predicted octanol–water partition coefficient (Wildman–Crippen LogP) is 0.516. The molecule has 0 spiro atoms. The Bertz CT molecular complexity index is 260. The molecule has 0 aliphatic heterocycles. The summed E-state index contributed by atoms with van der Waals surface area (Å²) in [6.07, 6.45) is 0.170. The van der Waals surface area contributed by atoms with Crippen LogP contribution in [0, 0.1) is 5.92 Å². The molecule has 0 aromatic rings. The highest BCUT2D eigenvalue weighted by Gasteiger charge is 2.47.